The number of hydrogen-bond acceptors (Lipinski definition) is 5. The zero-order chi connectivity index (χ0) is 20.4. The second-order valence-electron chi connectivity index (χ2n) is 8.72. The molecule has 1 heterocycles. The van der Waals surface area contributed by atoms with Crippen LogP contribution in [0.15, 0.2) is 12.1 Å². The number of nitrogens with zero attached hydrogens (tertiary/aromatic N) is 3. The van der Waals surface area contributed by atoms with Crippen molar-refractivity contribution in [2.45, 2.75) is 52.3 Å². The fraction of sp³-hybridized carbons (Fsp3) is 0.647. The highest BCUT2D eigenvalue weighted by molar-refractivity contribution is 5.77. The van der Waals surface area contributed by atoms with Crippen molar-refractivity contribution in [2.24, 2.45) is 10.8 Å². The van der Waals surface area contributed by atoms with E-state index in [1.165, 1.54) is 0 Å². The second-order valence-corrected chi connectivity index (χ2v) is 8.72. The average molecular weight is 387 g/mol. The number of hydrogen-bond donors (Lipinski definition) is 0. The monoisotopic (exact) mass is 387 g/mol. The summed E-state index contributed by atoms with van der Waals surface area (Å²) < 4.78 is 39.3. The highest BCUT2D eigenvalue weighted by Crippen LogP contribution is 2.56. The van der Waals surface area contributed by atoms with Crippen molar-refractivity contribution in [1.29, 1.82) is 0 Å². The second kappa shape index (κ2) is 5.80. The molecule has 0 aromatic heterocycles. The first-order valence-electron chi connectivity index (χ1n) is 8.53. The molecule has 1 saturated heterocycles. The highest BCUT2D eigenvalue weighted by atomic mass is 19.4. The highest BCUT2D eigenvalue weighted by Gasteiger charge is 2.52. The van der Waals surface area contributed by atoms with Crippen molar-refractivity contribution in [3.8, 4) is 0 Å². The maximum Gasteiger partial charge on any atom is 0.416 e. The summed E-state index contributed by atoms with van der Waals surface area (Å²) in [5.41, 5.74) is -3.70. The van der Waals surface area contributed by atoms with Crippen molar-refractivity contribution < 1.29 is 23.0 Å². The van der Waals surface area contributed by atoms with Crippen LogP contribution in [0.3, 0.4) is 0 Å². The summed E-state index contributed by atoms with van der Waals surface area (Å²) >= 11 is 0. The van der Waals surface area contributed by atoms with E-state index in [4.69, 9.17) is 0 Å². The minimum atomic E-state index is -4.91. The molecule has 0 N–H and O–H groups in total. The minimum absolute atomic E-state index is 0.0537. The van der Waals surface area contributed by atoms with E-state index in [1.54, 1.807) is 4.90 Å². The van der Waals surface area contributed by atoms with E-state index in [2.05, 4.69) is 13.8 Å². The zero-order valence-corrected chi connectivity index (χ0v) is 15.2. The quantitative estimate of drug-likeness (QED) is 0.542. The molecule has 1 aromatic carbocycles. The Morgan fingerprint density at radius 1 is 1.07 bits per heavy atom. The fourth-order valence-corrected chi connectivity index (χ4v) is 5.06. The number of anilines is 1. The third-order valence-electron chi connectivity index (χ3n) is 5.49. The maximum absolute atomic E-state index is 13.1. The first kappa shape index (κ1) is 19.4. The smallest absolute Gasteiger partial charge is 0.357 e. The first-order valence-corrected chi connectivity index (χ1v) is 8.53. The van der Waals surface area contributed by atoms with E-state index in [9.17, 15) is 33.4 Å². The van der Waals surface area contributed by atoms with E-state index in [0.29, 0.717) is 31.5 Å². The van der Waals surface area contributed by atoms with Gasteiger partial charge in [-0.25, -0.2) is 0 Å². The number of nitro groups is 2. The molecule has 2 atom stereocenters. The molecule has 1 aromatic rings. The van der Waals surface area contributed by atoms with Gasteiger partial charge >= 0.3 is 6.18 Å². The van der Waals surface area contributed by atoms with Crippen LogP contribution in [0.1, 0.15) is 45.6 Å². The van der Waals surface area contributed by atoms with Crippen LogP contribution in [-0.2, 0) is 6.18 Å². The predicted molar refractivity (Wildman–Crippen MR) is 91.6 cm³/mol. The molecule has 0 unspecified atom stereocenters. The van der Waals surface area contributed by atoms with Crippen molar-refractivity contribution in [3.63, 3.8) is 0 Å². The predicted octanol–water partition coefficient (Wildman–Crippen LogP) is 4.93. The summed E-state index contributed by atoms with van der Waals surface area (Å²) in [4.78, 5) is 22.7. The molecule has 1 aliphatic heterocycles. The summed E-state index contributed by atoms with van der Waals surface area (Å²) in [6.45, 7) is 6.49. The van der Waals surface area contributed by atoms with Crippen LogP contribution < -0.4 is 4.90 Å². The van der Waals surface area contributed by atoms with Gasteiger partial charge in [-0.1, -0.05) is 20.8 Å². The number of fused-ring (bicyclic) bond motifs is 2. The summed E-state index contributed by atoms with van der Waals surface area (Å²) in [7, 11) is 0. The van der Waals surface area contributed by atoms with Crippen molar-refractivity contribution in [2.75, 3.05) is 11.4 Å². The van der Waals surface area contributed by atoms with E-state index in [1.807, 2.05) is 6.92 Å². The van der Waals surface area contributed by atoms with Gasteiger partial charge in [-0.05, 0) is 30.1 Å². The molecule has 2 fully saturated rings. The molecule has 0 radical (unpaired) electrons. The van der Waals surface area contributed by atoms with Crippen molar-refractivity contribution >= 4 is 17.1 Å². The third-order valence-corrected chi connectivity index (χ3v) is 5.49. The van der Waals surface area contributed by atoms with Gasteiger partial charge in [-0.2, -0.15) is 13.2 Å². The van der Waals surface area contributed by atoms with Crippen molar-refractivity contribution in [3.05, 3.63) is 37.9 Å². The lowest BCUT2D eigenvalue weighted by Crippen LogP contribution is -2.35. The van der Waals surface area contributed by atoms with Crippen LogP contribution in [0.5, 0.6) is 0 Å². The number of rotatable bonds is 3. The summed E-state index contributed by atoms with van der Waals surface area (Å²) in [5.74, 6) is 0. The maximum atomic E-state index is 13.1. The van der Waals surface area contributed by atoms with Crippen LogP contribution in [0.4, 0.5) is 30.2 Å². The Bertz CT molecular complexity index is 789. The average Bonchev–Trinajstić information content (AvgIpc) is 2.73. The third kappa shape index (κ3) is 3.44. The van der Waals surface area contributed by atoms with Gasteiger partial charge in [0, 0.05) is 24.7 Å². The molecular weight excluding hydrogens is 367 g/mol. The lowest BCUT2D eigenvalue weighted by atomic mass is 9.65. The molecule has 2 aliphatic rings. The van der Waals surface area contributed by atoms with Gasteiger partial charge in [0.05, 0.1) is 15.4 Å². The standard InChI is InChI=1S/C17H20F3N3O4/c1-15(2)6-11-7-16(3,8-15)9-21(11)14-12(22(24)25)4-10(17(18,19)20)5-13(14)23(26)27/h4-5,11H,6-9H2,1-3H3/t11-,16-/m1/s1. The van der Waals surface area contributed by atoms with Gasteiger partial charge in [0.15, 0.2) is 5.69 Å². The number of halogens is 3. The molecule has 148 valence electrons. The normalized spacial score (nSPS) is 26.9. The molecule has 0 spiro atoms. The summed E-state index contributed by atoms with van der Waals surface area (Å²) in [6, 6.07) is 0.615. The Morgan fingerprint density at radius 2 is 1.59 bits per heavy atom. The van der Waals surface area contributed by atoms with E-state index in [-0.39, 0.29) is 22.6 Å². The molecular formula is C17H20F3N3O4. The molecule has 3 rings (SSSR count). The molecule has 0 amide bonds. The van der Waals surface area contributed by atoms with E-state index in [0.717, 1.165) is 6.42 Å². The lowest BCUT2D eigenvalue weighted by Gasteiger charge is -2.39. The van der Waals surface area contributed by atoms with E-state index < -0.39 is 33.0 Å². The summed E-state index contributed by atoms with van der Waals surface area (Å²) in [5, 5.41) is 23.0. The fourth-order valence-electron chi connectivity index (χ4n) is 5.06. The SMILES string of the molecule is CC1(C)C[C@@H]2C[C@@](C)(CN2c2c([N+](=O)[O-])cc(C(F)(F)F)cc2[N+](=O)[O-])C1. The van der Waals surface area contributed by atoms with Crippen LogP contribution in [0.25, 0.3) is 0 Å². The van der Waals surface area contributed by atoms with Crippen LogP contribution >= 0.6 is 0 Å². The van der Waals surface area contributed by atoms with Gasteiger partial charge in [-0.15, -0.1) is 0 Å². The van der Waals surface area contributed by atoms with Crippen LogP contribution in [-0.4, -0.2) is 22.4 Å². The Kier molecular flexibility index (Phi) is 4.16. The molecule has 1 saturated carbocycles. The van der Waals surface area contributed by atoms with Crippen LogP contribution in [0, 0.1) is 31.1 Å². The Morgan fingerprint density at radius 3 is 2.04 bits per heavy atom. The van der Waals surface area contributed by atoms with Gasteiger partial charge < -0.3 is 4.90 Å². The molecule has 7 nitrogen and oxygen atoms in total. The number of alkyl halides is 3. The van der Waals surface area contributed by atoms with Gasteiger partial charge in [0.2, 0.25) is 0 Å². The number of nitro benzene ring substituents is 2. The Balaban J connectivity index is 2.21. The first-order chi connectivity index (χ1) is 12.2. The van der Waals surface area contributed by atoms with E-state index >= 15 is 0 Å². The molecule has 27 heavy (non-hydrogen) atoms. The zero-order valence-electron chi connectivity index (χ0n) is 15.2. The van der Waals surface area contributed by atoms with Crippen LogP contribution in [0.2, 0.25) is 0 Å². The van der Waals surface area contributed by atoms with Gasteiger partial charge in [0.1, 0.15) is 0 Å². The Hall–Kier alpha value is -2.39. The summed E-state index contributed by atoms with van der Waals surface area (Å²) in [6.07, 6.45) is -2.71. The minimum Gasteiger partial charge on any atom is -0.357 e. The molecule has 1 aliphatic carbocycles. The number of benzene rings is 1. The molecule has 2 bridgehead atoms. The lowest BCUT2D eigenvalue weighted by molar-refractivity contribution is -0.393. The van der Waals surface area contributed by atoms with Gasteiger partial charge in [0.25, 0.3) is 11.4 Å². The Labute approximate surface area is 153 Å². The topological polar surface area (TPSA) is 89.5 Å². The van der Waals surface area contributed by atoms with Crippen molar-refractivity contribution in [1.82, 2.24) is 0 Å². The van der Waals surface area contributed by atoms with Gasteiger partial charge in [-0.3, -0.25) is 20.2 Å². The molecule has 10 heteroatoms. The largest absolute Gasteiger partial charge is 0.416 e.